The van der Waals surface area contributed by atoms with E-state index in [0.29, 0.717) is 5.54 Å². The summed E-state index contributed by atoms with van der Waals surface area (Å²) < 4.78 is 3.14. The first-order chi connectivity index (χ1) is 12.6. The minimum atomic E-state index is 0.195. The summed E-state index contributed by atoms with van der Waals surface area (Å²) in [5.74, 6) is 2.90. The Labute approximate surface area is 159 Å². The molecule has 1 N–H and O–H groups in total. The molecule has 4 aliphatic rings. The number of rotatable bonds is 6. The highest BCUT2D eigenvalue weighted by atomic mass is 32.1. The van der Waals surface area contributed by atoms with Crippen molar-refractivity contribution in [1.82, 2.24) is 9.88 Å². The standard InChI is InChI=1S/C22H30N2OS/c1-2-3-15-4-5-19-20(11-15)26-21(25)24(19)7-6-23-22-12-16-8-17(13-22)10-18(9-16)14-22/h4-5,11,16-18,23H,2-3,6-10,12-14H2,1H3. The SMILES string of the molecule is CCCc1ccc2c(c1)sc(=O)n2CCNC12CC3CC(CC(C3)C1)C2. The average molecular weight is 371 g/mol. The molecule has 4 saturated carbocycles. The lowest BCUT2D eigenvalue weighted by Gasteiger charge is -2.57. The van der Waals surface area contributed by atoms with Crippen LogP contribution in [0.1, 0.15) is 57.4 Å². The summed E-state index contributed by atoms with van der Waals surface area (Å²) in [6.07, 6.45) is 10.8. The number of fused-ring (bicyclic) bond motifs is 1. The molecule has 0 saturated heterocycles. The molecular formula is C22H30N2OS. The molecule has 0 atom stereocenters. The van der Waals surface area contributed by atoms with Crippen molar-refractivity contribution in [2.45, 2.75) is 70.4 Å². The van der Waals surface area contributed by atoms with Crippen molar-refractivity contribution in [3.05, 3.63) is 33.4 Å². The van der Waals surface area contributed by atoms with Crippen LogP contribution in [-0.2, 0) is 13.0 Å². The van der Waals surface area contributed by atoms with E-state index in [2.05, 4.69) is 30.4 Å². The summed E-state index contributed by atoms with van der Waals surface area (Å²) in [4.78, 5) is 12.7. The highest BCUT2D eigenvalue weighted by Crippen LogP contribution is 2.55. The fourth-order valence-corrected chi connectivity index (χ4v) is 7.51. The Balaban J connectivity index is 1.30. The molecule has 26 heavy (non-hydrogen) atoms. The van der Waals surface area contributed by atoms with Crippen LogP contribution in [0.15, 0.2) is 23.0 Å². The van der Waals surface area contributed by atoms with Gasteiger partial charge < -0.3 is 5.32 Å². The molecule has 0 unspecified atom stereocenters. The molecule has 4 bridgehead atoms. The quantitative estimate of drug-likeness (QED) is 0.808. The second-order valence-electron chi connectivity index (χ2n) is 9.20. The monoisotopic (exact) mass is 370 g/mol. The van der Waals surface area contributed by atoms with Gasteiger partial charge in [0.25, 0.3) is 0 Å². The number of nitrogens with one attached hydrogen (secondary N) is 1. The Hall–Kier alpha value is -1.13. The number of aryl methyl sites for hydroxylation is 1. The highest BCUT2D eigenvalue weighted by molar-refractivity contribution is 7.16. The number of nitrogens with zero attached hydrogens (tertiary/aromatic N) is 1. The van der Waals surface area contributed by atoms with E-state index in [1.807, 2.05) is 4.57 Å². The van der Waals surface area contributed by atoms with Crippen molar-refractivity contribution < 1.29 is 0 Å². The molecule has 0 amide bonds. The Morgan fingerprint density at radius 2 is 1.85 bits per heavy atom. The lowest BCUT2D eigenvalue weighted by molar-refractivity contribution is -0.0197. The lowest BCUT2D eigenvalue weighted by atomic mass is 9.53. The third-order valence-electron chi connectivity index (χ3n) is 7.14. The van der Waals surface area contributed by atoms with Crippen LogP contribution in [0.3, 0.4) is 0 Å². The van der Waals surface area contributed by atoms with Crippen LogP contribution in [-0.4, -0.2) is 16.7 Å². The Kier molecular flexibility index (Phi) is 4.24. The second kappa shape index (κ2) is 6.49. The molecule has 0 aliphatic heterocycles. The van der Waals surface area contributed by atoms with Gasteiger partial charge in [-0.25, -0.2) is 0 Å². The van der Waals surface area contributed by atoms with Gasteiger partial charge in [0.05, 0.1) is 10.2 Å². The van der Waals surface area contributed by atoms with Crippen molar-refractivity contribution in [1.29, 1.82) is 0 Å². The van der Waals surface area contributed by atoms with Gasteiger partial charge in [-0.05, 0) is 80.4 Å². The molecule has 4 heteroatoms. The number of aromatic nitrogens is 1. The first-order valence-corrected chi connectivity index (χ1v) is 11.3. The molecule has 4 fully saturated rings. The van der Waals surface area contributed by atoms with E-state index < -0.39 is 0 Å². The summed E-state index contributed by atoms with van der Waals surface area (Å²) in [5.41, 5.74) is 2.85. The smallest absolute Gasteiger partial charge is 0.308 e. The van der Waals surface area contributed by atoms with E-state index in [4.69, 9.17) is 0 Å². The van der Waals surface area contributed by atoms with Crippen molar-refractivity contribution in [2.75, 3.05) is 6.54 Å². The van der Waals surface area contributed by atoms with E-state index >= 15 is 0 Å². The van der Waals surface area contributed by atoms with E-state index in [9.17, 15) is 4.79 Å². The molecular weight excluding hydrogens is 340 g/mol. The zero-order chi connectivity index (χ0) is 17.7. The fraction of sp³-hybridized carbons (Fsp3) is 0.682. The molecule has 4 aliphatic carbocycles. The van der Waals surface area contributed by atoms with Gasteiger partial charge >= 0.3 is 4.87 Å². The van der Waals surface area contributed by atoms with Gasteiger partial charge in [-0.1, -0.05) is 30.7 Å². The zero-order valence-electron chi connectivity index (χ0n) is 15.8. The Morgan fingerprint density at radius 3 is 2.50 bits per heavy atom. The molecule has 0 spiro atoms. The van der Waals surface area contributed by atoms with Crippen LogP contribution in [0.2, 0.25) is 0 Å². The third kappa shape index (κ3) is 2.95. The van der Waals surface area contributed by atoms with Gasteiger partial charge in [0.1, 0.15) is 0 Å². The van der Waals surface area contributed by atoms with Crippen LogP contribution in [0.4, 0.5) is 0 Å². The van der Waals surface area contributed by atoms with Crippen molar-refractivity contribution in [2.24, 2.45) is 17.8 Å². The van der Waals surface area contributed by atoms with E-state index in [1.54, 1.807) is 0 Å². The maximum Gasteiger partial charge on any atom is 0.308 e. The first kappa shape index (κ1) is 17.0. The van der Waals surface area contributed by atoms with Crippen LogP contribution in [0.25, 0.3) is 10.2 Å². The lowest BCUT2D eigenvalue weighted by Crippen LogP contribution is -2.58. The molecule has 3 nitrogen and oxygen atoms in total. The van der Waals surface area contributed by atoms with Crippen molar-refractivity contribution in [3.8, 4) is 0 Å². The van der Waals surface area contributed by atoms with Crippen LogP contribution < -0.4 is 10.2 Å². The van der Waals surface area contributed by atoms with Gasteiger partial charge in [0.2, 0.25) is 0 Å². The normalized spacial score (nSPS) is 32.6. The Morgan fingerprint density at radius 1 is 1.15 bits per heavy atom. The van der Waals surface area contributed by atoms with Gasteiger partial charge in [-0.15, -0.1) is 0 Å². The summed E-state index contributed by atoms with van der Waals surface area (Å²) in [6, 6.07) is 6.57. The van der Waals surface area contributed by atoms with Gasteiger partial charge in [0, 0.05) is 18.6 Å². The summed E-state index contributed by atoms with van der Waals surface area (Å²) >= 11 is 1.41. The van der Waals surface area contributed by atoms with Gasteiger partial charge in [-0.3, -0.25) is 9.36 Å². The molecule has 1 aromatic carbocycles. The minimum absolute atomic E-state index is 0.195. The largest absolute Gasteiger partial charge is 0.309 e. The maximum absolute atomic E-state index is 12.5. The van der Waals surface area contributed by atoms with Crippen LogP contribution in [0, 0.1) is 17.8 Å². The Bertz CT molecular complexity index is 829. The van der Waals surface area contributed by atoms with Crippen LogP contribution in [0.5, 0.6) is 0 Å². The van der Waals surface area contributed by atoms with Crippen LogP contribution >= 0.6 is 11.3 Å². The first-order valence-electron chi connectivity index (χ1n) is 10.5. The molecule has 1 heterocycles. The predicted molar refractivity (Wildman–Crippen MR) is 109 cm³/mol. The average Bonchev–Trinajstić information content (AvgIpc) is 2.89. The molecule has 1 aromatic heterocycles. The van der Waals surface area contributed by atoms with E-state index in [1.165, 1.54) is 55.4 Å². The van der Waals surface area contributed by atoms with Gasteiger partial charge in [0.15, 0.2) is 0 Å². The van der Waals surface area contributed by atoms with Gasteiger partial charge in [-0.2, -0.15) is 0 Å². The predicted octanol–water partition coefficient (Wildman–Crippen LogP) is 4.57. The molecule has 2 aromatic rings. The number of hydrogen-bond donors (Lipinski definition) is 1. The zero-order valence-corrected chi connectivity index (χ0v) is 16.6. The fourth-order valence-electron chi connectivity index (χ4n) is 6.53. The molecule has 0 radical (unpaired) electrons. The third-order valence-corrected chi connectivity index (χ3v) is 8.09. The molecule has 6 rings (SSSR count). The number of hydrogen-bond acceptors (Lipinski definition) is 3. The molecule has 140 valence electrons. The summed E-state index contributed by atoms with van der Waals surface area (Å²) in [5, 5.41) is 3.93. The number of thiazole rings is 1. The van der Waals surface area contributed by atoms with E-state index in [-0.39, 0.29) is 4.87 Å². The highest BCUT2D eigenvalue weighted by Gasteiger charge is 2.50. The van der Waals surface area contributed by atoms with Crippen molar-refractivity contribution >= 4 is 21.6 Å². The number of benzene rings is 1. The maximum atomic E-state index is 12.5. The summed E-state index contributed by atoms with van der Waals surface area (Å²) in [6.45, 7) is 3.93. The second-order valence-corrected chi connectivity index (χ2v) is 10.2. The van der Waals surface area contributed by atoms with E-state index in [0.717, 1.165) is 53.9 Å². The summed E-state index contributed by atoms with van der Waals surface area (Å²) in [7, 11) is 0. The topological polar surface area (TPSA) is 34.0 Å². The minimum Gasteiger partial charge on any atom is -0.309 e. The van der Waals surface area contributed by atoms with Crippen molar-refractivity contribution in [3.63, 3.8) is 0 Å².